The largest absolute Gasteiger partial charge is 0.479 e. The lowest BCUT2D eigenvalue weighted by Crippen LogP contribution is -2.56. The van der Waals surface area contributed by atoms with E-state index in [4.69, 9.17) is 25.5 Å². The Balaban J connectivity index is 0.000000459. The standard InChI is InChI=1S/C7H12O6.C3H4O3/c8-3-1-7(13,6(11)12)2-4(9)5(3)10;1-2(4)3(5)6/h3-5,8-10,13H,1-2H2,(H,11,12);1H3,(H,5,6)/t3-,4-,5?,7?;/m1./s1. The van der Waals surface area contributed by atoms with Crippen LogP contribution in [0, 0.1) is 0 Å². The Morgan fingerprint density at radius 2 is 1.32 bits per heavy atom. The fourth-order valence-electron chi connectivity index (χ4n) is 1.45. The molecule has 1 aliphatic carbocycles. The van der Waals surface area contributed by atoms with Gasteiger partial charge in [-0.05, 0) is 0 Å². The van der Waals surface area contributed by atoms with Crippen LogP contribution in [-0.4, -0.2) is 72.3 Å². The minimum Gasteiger partial charge on any atom is -0.479 e. The molecule has 0 saturated heterocycles. The molecule has 0 heterocycles. The van der Waals surface area contributed by atoms with Gasteiger partial charge in [0.05, 0.1) is 12.2 Å². The van der Waals surface area contributed by atoms with Crippen molar-refractivity contribution in [2.75, 3.05) is 0 Å². The number of carbonyl (C=O) groups is 3. The summed E-state index contributed by atoms with van der Waals surface area (Å²) in [6, 6.07) is 0. The molecule has 0 unspecified atom stereocenters. The fourth-order valence-corrected chi connectivity index (χ4v) is 1.45. The monoisotopic (exact) mass is 280 g/mol. The van der Waals surface area contributed by atoms with Crippen molar-refractivity contribution in [3.63, 3.8) is 0 Å². The van der Waals surface area contributed by atoms with Crippen molar-refractivity contribution in [1.29, 1.82) is 0 Å². The third-order valence-electron chi connectivity index (χ3n) is 2.58. The molecule has 0 bridgehead atoms. The number of aliphatic hydroxyl groups excluding tert-OH is 3. The van der Waals surface area contributed by atoms with Crippen LogP contribution in [0.15, 0.2) is 0 Å². The van der Waals surface area contributed by atoms with Crippen LogP contribution < -0.4 is 0 Å². The number of rotatable bonds is 2. The fraction of sp³-hybridized carbons (Fsp3) is 0.700. The van der Waals surface area contributed by atoms with Crippen LogP contribution in [0.2, 0.25) is 0 Å². The molecule has 19 heavy (non-hydrogen) atoms. The Morgan fingerprint density at radius 3 is 1.53 bits per heavy atom. The summed E-state index contributed by atoms with van der Waals surface area (Å²) >= 11 is 0. The van der Waals surface area contributed by atoms with E-state index in [1.54, 1.807) is 0 Å². The van der Waals surface area contributed by atoms with E-state index in [-0.39, 0.29) is 0 Å². The zero-order chi connectivity index (χ0) is 15.4. The lowest BCUT2D eigenvalue weighted by Gasteiger charge is -2.37. The van der Waals surface area contributed by atoms with Crippen LogP contribution in [0.3, 0.4) is 0 Å². The number of aliphatic hydroxyl groups is 4. The van der Waals surface area contributed by atoms with Crippen molar-refractivity contribution in [3.05, 3.63) is 0 Å². The first-order valence-electron chi connectivity index (χ1n) is 5.25. The van der Waals surface area contributed by atoms with Crippen molar-refractivity contribution in [2.45, 2.75) is 43.7 Å². The number of carbonyl (C=O) groups excluding carboxylic acids is 1. The van der Waals surface area contributed by atoms with Crippen molar-refractivity contribution in [2.24, 2.45) is 0 Å². The Bertz CT molecular complexity index is 340. The third-order valence-corrected chi connectivity index (χ3v) is 2.58. The number of ketones is 1. The molecular weight excluding hydrogens is 264 g/mol. The van der Waals surface area contributed by atoms with Crippen LogP contribution in [0.5, 0.6) is 0 Å². The molecule has 0 aromatic carbocycles. The average molecular weight is 280 g/mol. The molecule has 1 saturated carbocycles. The van der Waals surface area contributed by atoms with Gasteiger partial charge in [0, 0.05) is 19.8 Å². The van der Waals surface area contributed by atoms with Crippen molar-refractivity contribution in [1.82, 2.24) is 0 Å². The maximum absolute atomic E-state index is 10.5. The van der Waals surface area contributed by atoms with Gasteiger partial charge in [-0.3, -0.25) is 4.79 Å². The SMILES string of the molecule is CC(=O)C(=O)O.O=C(O)C1(O)C[C@@H](O)C(O)[C@H](O)C1. The number of carboxylic acid groups (broad SMARTS) is 2. The highest BCUT2D eigenvalue weighted by Crippen LogP contribution is 2.29. The predicted octanol–water partition coefficient (Wildman–Crippen LogP) is -2.66. The number of carboxylic acids is 2. The van der Waals surface area contributed by atoms with Gasteiger partial charge >= 0.3 is 11.9 Å². The Labute approximate surface area is 107 Å². The topological polar surface area (TPSA) is 173 Å². The second-order valence-electron chi connectivity index (χ2n) is 4.23. The smallest absolute Gasteiger partial charge is 0.371 e. The summed E-state index contributed by atoms with van der Waals surface area (Å²) in [7, 11) is 0. The van der Waals surface area contributed by atoms with Crippen LogP contribution in [0.4, 0.5) is 0 Å². The van der Waals surface area contributed by atoms with Crippen molar-refractivity contribution in [3.8, 4) is 0 Å². The molecule has 0 amide bonds. The number of hydrogen-bond donors (Lipinski definition) is 6. The van der Waals surface area contributed by atoms with Gasteiger partial charge in [-0.25, -0.2) is 9.59 Å². The zero-order valence-electron chi connectivity index (χ0n) is 10.1. The van der Waals surface area contributed by atoms with E-state index >= 15 is 0 Å². The molecule has 9 heteroatoms. The van der Waals surface area contributed by atoms with E-state index in [2.05, 4.69) is 0 Å². The summed E-state index contributed by atoms with van der Waals surface area (Å²) in [5.74, 6) is -3.71. The zero-order valence-corrected chi connectivity index (χ0v) is 10.1. The van der Waals surface area contributed by atoms with Gasteiger partial charge < -0.3 is 30.6 Å². The molecular formula is C10H16O9. The summed E-state index contributed by atoms with van der Waals surface area (Å²) in [5.41, 5.74) is -2.14. The Morgan fingerprint density at radius 1 is 1.00 bits per heavy atom. The van der Waals surface area contributed by atoms with Crippen molar-refractivity contribution >= 4 is 17.7 Å². The van der Waals surface area contributed by atoms with E-state index in [0.29, 0.717) is 0 Å². The van der Waals surface area contributed by atoms with E-state index in [0.717, 1.165) is 6.92 Å². The lowest BCUT2D eigenvalue weighted by atomic mass is 9.80. The highest BCUT2D eigenvalue weighted by atomic mass is 16.4. The van der Waals surface area contributed by atoms with Gasteiger partial charge in [0.1, 0.15) is 6.10 Å². The highest BCUT2D eigenvalue weighted by Gasteiger charge is 2.48. The van der Waals surface area contributed by atoms with Crippen LogP contribution in [0.1, 0.15) is 19.8 Å². The number of aliphatic carboxylic acids is 2. The summed E-state index contributed by atoms with van der Waals surface area (Å²) in [6.07, 6.45) is -5.16. The van der Waals surface area contributed by atoms with Gasteiger partial charge in [-0.2, -0.15) is 0 Å². The molecule has 9 nitrogen and oxygen atoms in total. The highest BCUT2D eigenvalue weighted by molar-refractivity contribution is 6.31. The first kappa shape index (κ1) is 17.4. The normalized spacial score (nSPS) is 33.8. The quantitative estimate of drug-likeness (QED) is 0.295. The van der Waals surface area contributed by atoms with Gasteiger partial charge in [0.2, 0.25) is 5.78 Å². The second-order valence-corrected chi connectivity index (χ2v) is 4.23. The molecule has 2 atom stereocenters. The number of Topliss-reactive ketones (excluding diaryl/α,β-unsaturated/α-hetero) is 1. The Kier molecular flexibility index (Phi) is 6.03. The van der Waals surface area contributed by atoms with Crippen LogP contribution in [0.25, 0.3) is 0 Å². The van der Waals surface area contributed by atoms with Gasteiger partial charge in [-0.1, -0.05) is 0 Å². The number of hydrogen-bond acceptors (Lipinski definition) is 7. The summed E-state index contributed by atoms with van der Waals surface area (Å²) in [6.45, 7) is 1.00. The molecule has 0 radical (unpaired) electrons. The molecule has 0 aromatic rings. The van der Waals surface area contributed by atoms with E-state index in [1.165, 1.54) is 0 Å². The summed E-state index contributed by atoms with van der Waals surface area (Å²) in [4.78, 5) is 29.4. The summed E-state index contributed by atoms with van der Waals surface area (Å²) < 4.78 is 0. The van der Waals surface area contributed by atoms with E-state index in [1.807, 2.05) is 0 Å². The molecule has 1 aliphatic rings. The molecule has 0 aliphatic heterocycles. The average Bonchev–Trinajstić information content (AvgIpc) is 2.26. The lowest BCUT2D eigenvalue weighted by molar-refractivity contribution is -0.187. The maximum atomic E-state index is 10.5. The molecule has 6 N–H and O–H groups in total. The minimum atomic E-state index is -2.14. The molecule has 0 aromatic heterocycles. The second kappa shape index (κ2) is 6.57. The molecule has 1 rings (SSSR count). The maximum Gasteiger partial charge on any atom is 0.371 e. The van der Waals surface area contributed by atoms with Crippen molar-refractivity contribution < 1.29 is 45.0 Å². The van der Waals surface area contributed by atoms with Crippen LogP contribution >= 0.6 is 0 Å². The van der Waals surface area contributed by atoms with Crippen LogP contribution in [-0.2, 0) is 14.4 Å². The van der Waals surface area contributed by atoms with Gasteiger partial charge in [-0.15, -0.1) is 0 Å². The molecule has 1 fully saturated rings. The van der Waals surface area contributed by atoms with Gasteiger partial charge in [0.15, 0.2) is 5.60 Å². The minimum absolute atomic E-state index is 0.472. The predicted molar refractivity (Wildman–Crippen MR) is 58.2 cm³/mol. The van der Waals surface area contributed by atoms with E-state index < -0.39 is 54.5 Å². The third kappa shape index (κ3) is 4.91. The molecule has 110 valence electrons. The first-order chi connectivity index (χ1) is 8.51. The van der Waals surface area contributed by atoms with Gasteiger partial charge in [0.25, 0.3) is 0 Å². The first-order valence-corrected chi connectivity index (χ1v) is 5.25. The Hall–Kier alpha value is -1.55. The summed E-state index contributed by atoms with van der Waals surface area (Å²) in [5, 5.41) is 52.8. The van der Waals surface area contributed by atoms with E-state index in [9.17, 15) is 19.5 Å². The molecule has 0 spiro atoms.